The van der Waals surface area contributed by atoms with E-state index in [1.165, 1.54) is 11.0 Å². The molecule has 4 fully saturated rings. The number of halogens is 3. The van der Waals surface area contributed by atoms with Crippen molar-refractivity contribution < 1.29 is 24.3 Å². The molecule has 4 amide bonds. The Labute approximate surface area is 233 Å². The molecule has 0 bridgehead atoms. The van der Waals surface area contributed by atoms with Gasteiger partial charge in [-0.1, -0.05) is 65.0 Å². The first-order valence-corrected chi connectivity index (χ1v) is 14.7. The molecule has 2 saturated carbocycles. The van der Waals surface area contributed by atoms with Gasteiger partial charge in [0.25, 0.3) is 11.8 Å². The molecule has 2 saturated heterocycles. The summed E-state index contributed by atoms with van der Waals surface area (Å²) >= 11 is 17.5. The summed E-state index contributed by atoms with van der Waals surface area (Å²) in [5, 5.41) is 10.9. The Hall–Kier alpha value is -1.90. The minimum Gasteiger partial charge on any atom is -0.508 e. The summed E-state index contributed by atoms with van der Waals surface area (Å²) in [4.78, 5) is 53.5. The maximum absolute atomic E-state index is 13.9. The van der Waals surface area contributed by atoms with Crippen LogP contribution in [0, 0.1) is 17.8 Å². The SMILES string of the molecule is O=C1[C@H]2[C@H](CC=C3[C@H]2C[C@@]2(Cl)C(=O)N(CBr)C(=O)[C@@]2(Cl)[C@H]3c2ccccc2O)C(=O)N1C1CCCCC1. The van der Waals surface area contributed by atoms with Crippen LogP contribution in [0.25, 0.3) is 0 Å². The zero-order valence-corrected chi connectivity index (χ0v) is 23.1. The molecule has 0 aromatic heterocycles. The van der Waals surface area contributed by atoms with Gasteiger partial charge in [0.05, 0.1) is 17.3 Å². The Morgan fingerprint density at radius 3 is 2.35 bits per heavy atom. The van der Waals surface area contributed by atoms with Gasteiger partial charge in [-0.25, -0.2) is 0 Å². The number of aromatic hydroxyl groups is 1. The van der Waals surface area contributed by atoms with Gasteiger partial charge in [-0.05, 0) is 37.7 Å². The second-order valence-electron chi connectivity index (χ2n) is 10.9. The molecule has 1 aromatic carbocycles. The molecule has 37 heavy (non-hydrogen) atoms. The van der Waals surface area contributed by atoms with Crippen molar-refractivity contribution in [2.75, 3.05) is 5.45 Å². The van der Waals surface area contributed by atoms with E-state index < -0.39 is 45.2 Å². The molecule has 3 aliphatic carbocycles. The molecule has 196 valence electrons. The van der Waals surface area contributed by atoms with E-state index in [0.29, 0.717) is 17.6 Å². The van der Waals surface area contributed by atoms with Crippen LogP contribution in [0.15, 0.2) is 35.9 Å². The Kier molecular flexibility index (Phi) is 6.05. The van der Waals surface area contributed by atoms with Crippen LogP contribution in [0.1, 0.15) is 56.4 Å². The Morgan fingerprint density at radius 2 is 1.68 bits per heavy atom. The number of phenolic OH excluding ortho intramolecular Hbond substituents is 1. The van der Waals surface area contributed by atoms with Crippen LogP contribution >= 0.6 is 39.1 Å². The zero-order valence-electron chi connectivity index (χ0n) is 20.0. The number of benzene rings is 1. The van der Waals surface area contributed by atoms with E-state index in [9.17, 15) is 24.3 Å². The quantitative estimate of drug-likeness (QED) is 0.237. The number of alkyl halides is 3. The van der Waals surface area contributed by atoms with Gasteiger partial charge in [0.1, 0.15) is 5.75 Å². The number of rotatable bonds is 3. The number of hydrogen-bond donors (Lipinski definition) is 1. The van der Waals surface area contributed by atoms with Crippen molar-refractivity contribution in [3.05, 3.63) is 41.5 Å². The van der Waals surface area contributed by atoms with Gasteiger partial charge in [-0.3, -0.25) is 29.0 Å². The fraction of sp³-hybridized carbons (Fsp3) is 0.556. The number of allylic oxidation sites excluding steroid dienone is 2. The van der Waals surface area contributed by atoms with Crippen molar-refractivity contribution in [2.45, 2.75) is 66.7 Å². The maximum atomic E-state index is 13.9. The highest BCUT2D eigenvalue weighted by Crippen LogP contribution is 2.66. The molecule has 2 aliphatic heterocycles. The van der Waals surface area contributed by atoms with Crippen LogP contribution < -0.4 is 0 Å². The van der Waals surface area contributed by atoms with Crippen molar-refractivity contribution in [1.82, 2.24) is 9.80 Å². The number of phenols is 1. The van der Waals surface area contributed by atoms with Crippen molar-refractivity contribution in [3.63, 3.8) is 0 Å². The lowest BCUT2D eigenvalue weighted by atomic mass is 9.56. The molecule has 1 N–H and O–H groups in total. The van der Waals surface area contributed by atoms with E-state index in [4.69, 9.17) is 23.2 Å². The summed E-state index contributed by atoms with van der Waals surface area (Å²) in [6.45, 7) is 0. The monoisotopic (exact) mass is 608 g/mol. The van der Waals surface area contributed by atoms with Gasteiger partial charge in [-0.15, -0.1) is 23.2 Å². The van der Waals surface area contributed by atoms with Gasteiger partial charge in [-0.2, -0.15) is 0 Å². The van der Waals surface area contributed by atoms with E-state index in [1.807, 2.05) is 6.08 Å². The standard InChI is InChI=1S/C27H27BrCl2N2O5/c28-13-31-24(36)26(29)12-18-15(21(27(26,30)25(31)37)16-8-4-5-9-19(16)33)10-11-17-20(18)23(35)32(22(17)34)14-6-2-1-3-7-14/h4-5,8-10,14,17-18,20-21,33H,1-3,6-7,11-13H2/t17-,18+,20-,21+,26+,27-/m0/s1. The normalized spacial score (nSPS) is 38.0. The molecule has 0 spiro atoms. The second-order valence-corrected chi connectivity index (χ2v) is 12.6. The highest BCUT2D eigenvalue weighted by molar-refractivity contribution is 9.09. The lowest BCUT2D eigenvalue weighted by Crippen LogP contribution is -2.60. The van der Waals surface area contributed by atoms with E-state index >= 15 is 0 Å². The molecule has 6 atom stereocenters. The van der Waals surface area contributed by atoms with Crippen molar-refractivity contribution in [3.8, 4) is 5.75 Å². The van der Waals surface area contributed by atoms with Crippen molar-refractivity contribution in [2.24, 2.45) is 17.8 Å². The Morgan fingerprint density at radius 1 is 0.973 bits per heavy atom. The van der Waals surface area contributed by atoms with Gasteiger partial charge in [0.2, 0.25) is 11.8 Å². The summed E-state index contributed by atoms with van der Waals surface area (Å²) < 4.78 is 0. The molecule has 1 aromatic rings. The molecule has 0 radical (unpaired) electrons. The minimum atomic E-state index is -1.90. The summed E-state index contributed by atoms with van der Waals surface area (Å²) in [5.74, 6) is -4.44. The van der Waals surface area contributed by atoms with E-state index in [0.717, 1.165) is 37.0 Å². The summed E-state index contributed by atoms with van der Waals surface area (Å²) in [6, 6.07) is 6.45. The van der Waals surface area contributed by atoms with Crippen LogP contribution in [-0.4, -0.2) is 59.8 Å². The largest absolute Gasteiger partial charge is 0.508 e. The molecule has 0 unspecified atom stereocenters. The molecule has 10 heteroatoms. The molecule has 2 heterocycles. The van der Waals surface area contributed by atoms with Crippen LogP contribution in [0.5, 0.6) is 5.75 Å². The van der Waals surface area contributed by atoms with Gasteiger partial charge < -0.3 is 5.11 Å². The smallest absolute Gasteiger partial charge is 0.254 e. The summed E-state index contributed by atoms with van der Waals surface area (Å²) in [5.41, 5.74) is 0.984. The van der Waals surface area contributed by atoms with E-state index in [2.05, 4.69) is 15.9 Å². The highest BCUT2D eigenvalue weighted by Gasteiger charge is 2.76. The van der Waals surface area contributed by atoms with Crippen molar-refractivity contribution in [1.29, 1.82) is 0 Å². The predicted molar refractivity (Wildman–Crippen MR) is 140 cm³/mol. The molecule has 7 nitrogen and oxygen atoms in total. The first kappa shape index (κ1) is 25.4. The van der Waals surface area contributed by atoms with E-state index in [-0.39, 0.29) is 35.5 Å². The fourth-order valence-electron chi connectivity index (χ4n) is 7.55. The number of likely N-dealkylation sites (tertiary alicyclic amines) is 2. The third-order valence-electron chi connectivity index (χ3n) is 9.24. The third-order valence-corrected chi connectivity index (χ3v) is 11.2. The fourth-order valence-corrected chi connectivity index (χ4v) is 8.97. The van der Waals surface area contributed by atoms with Crippen molar-refractivity contribution >= 4 is 62.8 Å². The number of imide groups is 2. The number of para-hydroxylation sites is 1. The lowest BCUT2D eigenvalue weighted by molar-refractivity contribution is -0.144. The zero-order chi connectivity index (χ0) is 26.3. The first-order valence-electron chi connectivity index (χ1n) is 12.8. The number of hydrogen-bond acceptors (Lipinski definition) is 5. The topological polar surface area (TPSA) is 95.0 Å². The molecular weight excluding hydrogens is 583 g/mol. The van der Waals surface area contributed by atoms with Gasteiger partial charge in [0, 0.05) is 17.5 Å². The number of carbonyl (C=O) groups is 4. The van der Waals surface area contributed by atoms with Gasteiger partial charge in [0.15, 0.2) is 9.75 Å². The summed E-state index contributed by atoms with van der Waals surface area (Å²) in [7, 11) is 0. The van der Waals surface area contributed by atoms with Crippen LogP contribution in [-0.2, 0) is 19.2 Å². The third kappa shape index (κ3) is 3.24. The Balaban J connectivity index is 1.50. The maximum Gasteiger partial charge on any atom is 0.254 e. The minimum absolute atomic E-state index is 0.0409. The lowest BCUT2D eigenvalue weighted by Gasteiger charge is -2.50. The summed E-state index contributed by atoms with van der Waals surface area (Å²) in [6.07, 6.45) is 6.87. The first-order chi connectivity index (χ1) is 17.7. The number of carbonyl (C=O) groups excluding carboxylic acids is 4. The van der Waals surface area contributed by atoms with E-state index in [1.54, 1.807) is 18.2 Å². The molecule has 6 rings (SSSR count). The van der Waals surface area contributed by atoms with Crippen LogP contribution in [0.3, 0.4) is 0 Å². The van der Waals surface area contributed by atoms with Crippen LogP contribution in [0.4, 0.5) is 0 Å². The number of fused-ring (bicyclic) bond motifs is 4. The highest BCUT2D eigenvalue weighted by atomic mass is 79.9. The number of amides is 4. The predicted octanol–water partition coefficient (Wildman–Crippen LogP) is 4.44. The average Bonchev–Trinajstić information content (AvgIpc) is 3.23. The second kappa shape index (κ2) is 8.82. The van der Waals surface area contributed by atoms with Crippen LogP contribution in [0.2, 0.25) is 0 Å². The average molecular weight is 610 g/mol. The number of nitrogens with zero attached hydrogens (tertiary/aromatic N) is 2. The Bertz CT molecular complexity index is 1250. The molecule has 5 aliphatic rings. The molecular formula is C27H27BrCl2N2O5. The van der Waals surface area contributed by atoms with Gasteiger partial charge >= 0.3 is 0 Å².